The number of nitrogens with zero attached hydrogens (tertiary/aromatic N) is 1. The third kappa shape index (κ3) is 4.29. The van der Waals surface area contributed by atoms with Crippen molar-refractivity contribution in [3.8, 4) is 11.5 Å². The number of hydrogen-bond donors (Lipinski definition) is 1. The second-order valence-electron chi connectivity index (χ2n) is 5.92. The molecule has 3 rings (SSSR count). The third-order valence-electron chi connectivity index (χ3n) is 4.30. The molecular weight excluding hydrogens is 375 g/mol. The van der Waals surface area contributed by atoms with Crippen LogP contribution in [0.15, 0.2) is 30.3 Å². The average molecular weight is 397 g/mol. The zero-order valence-electron chi connectivity index (χ0n) is 14.9. The highest BCUT2D eigenvalue weighted by molar-refractivity contribution is 6.33. The van der Waals surface area contributed by atoms with Crippen LogP contribution in [0.4, 0.5) is 11.4 Å². The van der Waals surface area contributed by atoms with E-state index in [-0.39, 0.29) is 0 Å². The molecule has 1 fully saturated rings. The Morgan fingerprint density at radius 3 is 2.50 bits per heavy atom. The number of hydrogen-bond acceptors (Lipinski definition) is 5. The maximum absolute atomic E-state index is 6.49. The van der Waals surface area contributed by atoms with Crippen LogP contribution in [0.3, 0.4) is 0 Å². The van der Waals surface area contributed by atoms with E-state index < -0.39 is 0 Å². The summed E-state index contributed by atoms with van der Waals surface area (Å²) in [6.45, 7) is 3.70. The van der Waals surface area contributed by atoms with E-state index in [0.717, 1.165) is 43.2 Å². The van der Waals surface area contributed by atoms with Gasteiger partial charge in [0.25, 0.3) is 0 Å². The summed E-state index contributed by atoms with van der Waals surface area (Å²) >= 11 is 12.7. The quantitative estimate of drug-likeness (QED) is 0.780. The largest absolute Gasteiger partial charge is 0.493 e. The topological polar surface area (TPSA) is 43.0 Å². The van der Waals surface area contributed by atoms with E-state index >= 15 is 0 Å². The minimum atomic E-state index is 0.535. The summed E-state index contributed by atoms with van der Waals surface area (Å²) in [6, 6.07) is 9.58. The Balaban J connectivity index is 1.74. The molecule has 0 radical (unpaired) electrons. The molecule has 0 saturated carbocycles. The van der Waals surface area contributed by atoms with E-state index in [1.165, 1.54) is 0 Å². The second kappa shape index (κ2) is 8.71. The van der Waals surface area contributed by atoms with Gasteiger partial charge in [-0.25, -0.2) is 0 Å². The highest BCUT2D eigenvalue weighted by Gasteiger charge is 2.15. The molecule has 1 heterocycles. The molecule has 2 aromatic rings. The monoisotopic (exact) mass is 396 g/mol. The number of halogens is 2. The van der Waals surface area contributed by atoms with Gasteiger partial charge in [0.05, 0.1) is 38.1 Å². The van der Waals surface area contributed by atoms with Gasteiger partial charge in [-0.15, -0.1) is 0 Å². The van der Waals surface area contributed by atoms with Crippen LogP contribution in [-0.2, 0) is 11.3 Å². The molecule has 7 heteroatoms. The molecule has 1 saturated heterocycles. The maximum atomic E-state index is 6.49. The smallest absolute Gasteiger partial charge is 0.165 e. The fourth-order valence-electron chi connectivity index (χ4n) is 3.01. The number of ether oxygens (including phenoxy) is 3. The molecule has 0 amide bonds. The van der Waals surface area contributed by atoms with Gasteiger partial charge in [0.15, 0.2) is 11.5 Å². The summed E-state index contributed by atoms with van der Waals surface area (Å²) in [5.74, 6) is 1.28. The van der Waals surface area contributed by atoms with E-state index in [1.54, 1.807) is 20.3 Å². The van der Waals surface area contributed by atoms with Crippen molar-refractivity contribution < 1.29 is 14.2 Å². The number of anilines is 2. The first kappa shape index (κ1) is 19.0. The second-order valence-corrected chi connectivity index (χ2v) is 6.76. The fourth-order valence-corrected chi connectivity index (χ4v) is 3.54. The van der Waals surface area contributed by atoms with Crippen molar-refractivity contribution in [2.45, 2.75) is 6.54 Å². The molecule has 0 aliphatic carbocycles. The van der Waals surface area contributed by atoms with E-state index in [4.69, 9.17) is 37.4 Å². The molecule has 0 bridgehead atoms. The summed E-state index contributed by atoms with van der Waals surface area (Å²) in [7, 11) is 3.21. The van der Waals surface area contributed by atoms with Crippen LogP contribution in [0.1, 0.15) is 5.56 Å². The van der Waals surface area contributed by atoms with Gasteiger partial charge in [0, 0.05) is 42.0 Å². The lowest BCUT2D eigenvalue weighted by atomic mass is 10.1. The van der Waals surface area contributed by atoms with E-state index in [2.05, 4.69) is 10.2 Å². The van der Waals surface area contributed by atoms with Crippen molar-refractivity contribution in [2.24, 2.45) is 0 Å². The van der Waals surface area contributed by atoms with Crippen LogP contribution in [0.25, 0.3) is 0 Å². The Hall–Kier alpha value is -1.82. The minimum absolute atomic E-state index is 0.535. The number of benzene rings is 2. The third-order valence-corrected chi connectivity index (χ3v) is 4.82. The SMILES string of the molecule is COc1cc(Cl)cc(CNc2ccc(N3CCOCC3)c(Cl)c2)c1OC. The number of nitrogens with one attached hydrogen (secondary N) is 1. The Labute approximate surface area is 163 Å². The standard InChI is InChI=1S/C19H22Cl2N2O3/c1-24-18-10-14(20)9-13(19(18)25-2)12-22-15-3-4-17(16(21)11-15)23-5-7-26-8-6-23/h3-4,9-11,22H,5-8,12H2,1-2H3. The van der Waals surface area contributed by atoms with Gasteiger partial charge in [-0.3, -0.25) is 0 Å². The van der Waals surface area contributed by atoms with Crippen molar-refractivity contribution in [1.29, 1.82) is 0 Å². The first-order valence-corrected chi connectivity index (χ1v) is 9.14. The predicted octanol–water partition coefficient (Wildman–Crippen LogP) is 4.46. The highest BCUT2D eigenvalue weighted by Crippen LogP contribution is 2.35. The molecule has 0 aromatic heterocycles. The molecule has 1 aliphatic rings. The molecule has 0 unspecified atom stereocenters. The molecule has 0 spiro atoms. The zero-order chi connectivity index (χ0) is 18.5. The Kier molecular flexibility index (Phi) is 6.35. The molecule has 1 aliphatic heterocycles. The van der Waals surface area contributed by atoms with E-state index in [9.17, 15) is 0 Å². The molecule has 2 aromatic carbocycles. The lowest BCUT2D eigenvalue weighted by molar-refractivity contribution is 0.122. The maximum Gasteiger partial charge on any atom is 0.165 e. The minimum Gasteiger partial charge on any atom is -0.493 e. The van der Waals surface area contributed by atoms with Crippen LogP contribution in [0.5, 0.6) is 11.5 Å². The molecule has 0 atom stereocenters. The Bertz CT molecular complexity index is 765. The van der Waals surface area contributed by atoms with Gasteiger partial charge in [-0.2, -0.15) is 0 Å². The van der Waals surface area contributed by atoms with Crippen molar-refractivity contribution in [1.82, 2.24) is 0 Å². The first-order chi connectivity index (χ1) is 12.6. The summed E-state index contributed by atoms with van der Waals surface area (Å²) < 4.78 is 16.2. The van der Waals surface area contributed by atoms with Crippen molar-refractivity contribution in [3.63, 3.8) is 0 Å². The van der Waals surface area contributed by atoms with Crippen molar-refractivity contribution >= 4 is 34.6 Å². The predicted molar refractivity (Wildman–Crippen MR) is 106 cm³/mol. The Morgan fingerprint density at radius 1 is 1.08 bits per heavy atom. The molecule has 140 valence electrons. The van der Waals surface area contributed by atoms with Crippen molar-refractivity contribution in [3.05, 3.63) is 45.9 Å². The van der Waals surface area contributed by atoms with Gasteiger partial charge in [0.2, 0.25) is 0 Å². The van der Waals surface area contributed by atoms with Gasteiger partial charge in [0.1, 0.15) is 0 Å². The summed E-state index contributed by atoms with van der Waals surface area (Å²) in [5, 5.41) is 4.68. The molecule has 5 nitrogen and oxygen atoms in total. The van der Waals surface area contributed by atoms with Crippen LogP contribution >= 0.6 is 23.2 Å². The van der Waals surface area contributed by atoms with Crippen LogP contribution < -0.4 is 19.7 Å². The molecular formula is C19H22Cl2N2O3. The van der Waals surface area contributed by atoms with Gasteiger partial charge in [-0.1, -0.05) is 23.2 Å². The summed E-state index contributed by atoms with van der Waals surface area (Å²) in [6.07, 6.45) is 0. The highest BCUT2D eigenvalue weighted by atomic mass is 35.5. The van der Waals surface area contributed by atoms with Gasteiger partial charge in [-0.05, 0) is 24.3 Å². The van der Waals surface area contributed by atoms with Gasteiger partial charge < -0.3 is 24.4 Å². The summed E-state index contributed by atoms with van der Waals surface area (Å²) in [4.78, 5) is 2.24. The zero-order valence-corrected chi connectivity index (χ0v) is 16.4. The number of morpholine rings is 1. The van der Waals surface area contributed by atoms with Crippen LogP contribution in [-0.4, -0.2) is 40.5 Å². The van der Waals surface area contributed by atoms with E-state index in [1.807, 2.05) is 24.3 Å². The van der Waals surface area contributed by atoms with E-state index in [0.29, 0.717) is 28.1 Å². The lowest BCUT2D eigenvalue weighted by Gasteiger charge is -2.29. The first-order valence-electron chi connectivity index (χ1n) is 8.39. The lowest BCUT2D eigenvalue weighted by Crippen LogP contribution is -2.36. The van der Waals surface area contributed by atoms with Crippen molar-refractivity contribution in [2.75, 3.05) is 50.7 Å². The van der Waals surface area contributed by atoms with Crippen LogP contribution in [0, 0.1) is 0 Å². The molecule has 26 heavy (non-hydrogen) atoms. The molecule has 1 N–H and O–H groups in total. The Morgan fingerprint density at radius 2 is 1.85 bits per heavy atom. The summed E-state index contributed by atoms with van der Waals surface area (Å²) in [5.41, 5.74) is 2.86. The average Bonchev–Trinajstić information content (AvgIpc) is 2.66. The number of rotatable bonds is 6. The fraction of sp³-hybridized carbons (Fsp3) is 0.368. The van der Waals surface area contributed by atoms with Crippen LogP contribution in [0.2, 0.25) is 10.0 Å². The number of methoxy groups -OCH3 is 2. The normalized spacial score (nSPS) is 14.2. The van der Waals surface area contributed by atoms with Gasteiger partial charge >= 0.3 is 0 Å².